The van der Waals surface area contributed by atoms with E-state index in [4.69, 9.17) is 14.2 Å². The molecular weight excluding hydrogens is 384 g/mol. The van der Waals surface area contributed by atoms with Gasteiger partial charge in [-0.2, -0.15) is 0 Å². The highest BCUT2D eigenvalue weighted by molar-refractivity contribution is 5.91. The quantitative estimate of drug-likeness (QED) is 0.667. The molecule has 0 atom stereocenters. The molecule has 2 aromatic rings. The molecule has 0 aliphatic carbocycles. The molecule has 0 saturated carbocycles. The van der Waals surface area contributed by atoms with E-state index >= 15 is 0 Å². The van der Waals surface area contributed by atoms with Crippen molar-refractivity contribution in [2.45, 2.75) is 26.3 Å². The Bertz CT molecular complexity index is 898. The largest absolute Gasteiger partial charge is 0.493 e. The highest BCUT2D eigenvalue weighted by atomic mass is 16.5. The average molecular weight is 412 g/mol. The summed E-state index contributed by atoms with van der Waals surface area (Å²) in [6.07, 6.45) is 5.51. The molecule has 1 fully saturated rings. The summed E-state index contributed by atoms with van der Waals surface area (Å²) >= 11 is 0. The van der Waals surface area contributed by atoms with Crippen molar-refractivity contribution in [3.63, 3.8) is 0 Å². The Hall–Kier alpha value is -3.29. The topological polar surface area (TPSA) is 85.8 Å². The summed E-state index contributed by atoms with van der Waals surface area (Å²) < 4.78 is 16.0. The number of ether oxygens (including phenoxy) is 3. The van der Waals surface area contributed by atoms with E-state index in [1.54, 1.807) is 39.5 Å². The Balaban J connectivity index is 1.65. The molecule has 0 radical (unpaired) electrons. The minimum absolute atomic E-state index is 0.239. The van der Waals surface area contributed by atoms with E-state index < -0.39 is 0 Å². The zero-order valence-electron chi connectivity index (χ0n) is 17.9. The second kappa shape index (κ2) is 9.96. The summed E-state index contributed by atoms with van der Waals surface area (Å²) in [6.45, 7) is 4.23. The maximum absolute atomic E-state index is 12.3. The summed E-state index contributed by atoms with van der Waals surface area (Å²) in [4.78, 5) is 23.6. The van der Waals surface area contributed by atoms with Gasteiger partial charge in [-0.15, -0.1) is 0 Å². The summed E-state index contributed by atoms with van der Waals surface area (Å²) in [5, 5.41) is 2.84. The smallest absolute Gasteiger partial charge is 0.244 e. The lowest BCUT2D eigenvalue weighted by Crippen LogP contribution is -2.24. The van der Waals surface area contributed by atoms with Crippen LogP contribution in [0.4, 0.5) is 5.82 Å². The molecule has 1 aromatic heterocycles. The second-order valence-electron chi connectivity index (χ2n) is 6.99. The van der Waals surface area contributed by atoms with E-state index in [0.29, 0.717) is 23.1 Å². The van der Waals surface area contributed by atoms with E-state index in [9.17, 15) is 4.79 Å². The molecule has 8 nitrogen and oxygen atoms in total. The predicted octanol–water partition coefficient (Wildman–Crippen LogP) is 2.74. The normalized spacial score (nSPS) is 13.5. The van der Waals surface area contributed by atoms with Gasteiger partial charge in [0.05, 0.1) is 27.9 Å². The van der Waals surface area contributed by atoms with Crippen LogP contribution >= 0.6 is 0 Å². The lowest BCUT2D eigenvalue weighted by Gasteiger charge is -2.17. The van der Waals surface area contributed by atoms with Crippen LogP contribution in [0.2, 0.25) is 0 Å². The number of amides is 1. The third kappa shape index (κ3) is 5.20. The summed E-state index contributed by atoms with van der Waals surface area (Å²) in [5.74, 6) is 2.85. The third-order valence-electron chi connectivity index (χ3n) is 4.85. The van der Waals surface area contributed by atoms with Crippen molar-refractivity contribution in [3.05, 3.63) is 41.4 Å². The molecule has 0 bridgehead atoms. The molecule has 1 aromatic carbocycles. The molecule has 160 valence electrons. The molecule has 30 heavy (non-hydrogen) atoms. The standard InChI is InChI=1S/C22H28N4O4/c1-15-11-20(26-9-5-6-10-26)25-19(24-15)14-23-21(27)8-7-16-12-17(28-2)22(30-4)18(13-16)29-3/h7-8,11-13H,5-6,9-10,14H2,1-4H3,(H,23,27)/b8-7+. The first-order valence-corrected chi connectivity index (χ1v) is 9.89. The van der Waals surface area contributed by atoms with Gasteiger partial charge in [0.1, 0.15) is 11.6 Å². The maximum Gasteiger partial charge on any atom is 0.244 e. The molecule has 3 rings (SSSR count). The Kier molecular flexibility index (Phi) is 7.11. The Morgan fingerprint density at radius 2 is 1.73 bits per heavy atom. The molecule has 1 aliphatic rings. The molecular formula is C22H28N4O4. The zero-order valence-corrected chi connectivity index (χ0v) is 17.9. The van der Waals surface area contributed by atoms with Crippen molar-refractivity contribution in [2.75, 3.05) is 39.3 Å². The van der Waals surface area contributed by atoms with Crippen molar-refractivity contribution < 1.29 is 19.0 Å². The molecule has 1 N–H and O–H groups in total. The summed E-state index contributed by atoms with van der Waals surface area (Å²) in [6, 6.07) is 5.54. The second-order valence-corrected chi connectivity index (χ2v) is 6.99. The van der Waals surface area contributed by atoms with Crippen LogP contribution in [-0.2, 0) is 11.3 Å². The minimum Gasteiger partial charge on any atom is -0.493 e. The van der Waals surface area contributed by atoms with Crippen molar-refractivity contribution in [1.82, 2.24) is 15.3 Å². The van der Waals surface area contributed by atoms with Crippen LogP contribution in [0.3, 0.4) is 0 Å². The first kappa shape index (κ1) is 21.4. The zero-order chi connectivity index (χ0) is 21.5. The van der Waals surface area contributed by atoms with Gasteiger partial charge < -0.3 is 24.4 Å². The maximum atomic E-state index is 12.3. The Morgan fingerprint density at radius 1 is 1.07 bits per heavy atom. The SMILES string of the molecule is COc1cc(/C=C/C(=O)NCc2nc(C)cc(N3CCCC3)n2)cc(OC)c1OC. The lowest BCUT2D eigenvalue weighted by atomic mass is 10.1. The van der Waals surface area contributed by atoms with E-state index in [0.717, 1.165) is 30.2 Å². The van der Waals surface area contributed by atoms with Gasteiger partial charge in [-0.25, -0.2) is 9.97 Å². The van der Waals surface area contributed by atoms with Crippen LogP contribution in [0.1, 0.15) is 29.9 Å². The number of anilines is 1. The van der Waals surface area contributed by atoms with Crippen LogP contribution < -0.4 is 24.4 Å². The summed E-state index contributed by atoms with van der Waals surface area (Å²) in [5.41, 5.74) is 1.65. The highest BCUT2D eigenvalue weighted by Crippen LogP contribution is 2.38. The number of hydrogen-bond acceptors (Lipinski definition) is 7. The fourth-order valence-corrected chi connectivity index (χ4v) is 3.39. The molecule has 1 saturated heterocycles. The first-order valence-electron chi connectivity index (χ1n) is 9.89. The molecule has 2 heterocycles. The highest BCUT2D eigenvalue weighted by Gasteiger charge is 2.15. The van der Waals surface area contributed by atoms with Crippen LogP contribution in [-0.4, -0.2) is 50.3 Å². The first-order chi connectivity index (χ1) is 14.5. The third-order valence-corrected chi connectivity index (χ3v) is 4.85. The minimum atomic E-state index is -0.239. The van der Waals surface area contributed by atoms with Gasteiger partial charge in [0, 0.05) is 30.9 Å². The fraction of sp³-hybridized carbons (Fsp3) is 0.409. The number of carbonyl (C=O) groups excluding carboxylic acids is 1. The molecule has 8 heteroatoms. The number of rotatable bonds is 8. The number of methoxy groups -OCH3 is 3. The number of aryl methyl sites for hydroxylation is 1. The van der Waals surface area contributed by atoms with Crippen LogP contribution in [0.5, 0.6) is 17.2 Å². The molecule has 0 spiro atoms. The van der Waals surface area contributed by atoms with Crippen LogP contribution in [0, 0.1) is 6.92 Å². The van der Waals surface area contributed by atoms with Crippen LogP contribution in [0.15, 0.2) is 24.3 Å². The molecule has 1 aliphatic heterocycles. The Labute approximate surface area is 176 Å². The van der Waals surface area contributed by atoms with Crippen molar-refractivity contribution in [2.24, 2.45) is 0 Å². The average Bonchev–Trinajstić information content (AvgIpc) is 3.30. The molecule has 0 unspecified atom stereocenters. The number of aromatic nitrogens is 2. The van der Waals surface area contributed by atoms with Crippen molar-refractivity contribution in [3.8, 4) is 17.2 Å². The van der Waals surface area contributed by atoms with E-state index in [1.165, 1.54) is 18.9 Å². The van der Waals surface area contributed by atoms with Crippen molar-refractivity contribution in [1.29, 1.82) is 0 Å². The van der Waals surface area contributed by atoms with E-state index in [1.807, 2.05) is 13.0 Å². The van der Waals surface area contributed by atoms with Gasteiger partial charge >= 0.3 is 0 Å². The van der Waals surface area contributed by atoms with E-state index in [2.05, 4.69) is 20.2 Å². The van der Waals surface area contributed by atoms with Gasteiger partial charge in [-0.1, -0.05) is 0 Å². The number of carbonyl (C=O) groups is 1. The lowest BCUT2D eigenvalue weighted by molar-refractivity contribution is -0.116. The molecule has 1 amide bonds. The monoisotopic (exact) mass is 412 g/mol. The number of benzene rings is 1. The van der Waals surface area contributed by atoms with Gasteiger partial charge in [0.25, 0.3) is 0 Å². The van der Waals surface area contributed by atoms with Gasteiger partial charge in [-0.05, 0) is 43.5 Å². The Morgan fingerprint density at radius 3 is 2.33 bits per heavy atom. The number of nitrogens with one attached hydrogen (secondary N) is 1. The van der Waals surface area contributed by atoms with Gasteiger partial charge in [-0.3, -0.25) is 4.79 Å². The van der Waals surface area contributed by atoms with Crippen molar-refractivity contribution >= 4 is 17.8 Å². The van der Waals surface area contributed by atoms with Gasteiger partial charge in [0.2, 0.25) is 11.7 Å². The van der Waals surface area contributed by atoms with Gasteiger partial charge in [0.15, 0.2) is 11.5 Å². The predicted molar refractivity (Wildman–Crippen MR) is 115 cm³/mol. The number of hydrogen-bond donors (Lipinski definition) is 1. The van der Waals surface area contributed by atoms with E-state index in [-0.39, 0.29) is 12.5 Å². The van der Waals surface area contributed by atoms with Crippen LogP contribution in [0.25, 0.3) is 6.08 Å². The number of nitrogens with zero attached hydrogens (tertiary/aromatic N) is 3. The summed E-state index contributed by atoms with van der Waals surface area (Å²) in [7, 11) is 4.65. The fourth-order valence-electron chi connectivity index (χ4n) is 3.39.